The van der Waals surface area contributed by atoms with E-state index in [0.717, 1.165) is 6.07 Å². The topological polar surface area (TPSA) is 72.4 Å². The monoisotopic (exact) mass is 337 g/mol. The van der Waals surface area contributed by atoms with Gasteiger partial charge in [-0.25, -0.2) is 22.8 Å². The van der Waals surface area contributed by atoms with E-state index in [0.29, 0.717) is 19.4 Å². The lowest BCUT2D eigenvalue weighted by Crippen LogP contribution is -2.44. The minimum absolute atomic E-state index is 0.148. The Labute approximate surface area is 134 Å². The average Bonchev–Trinajstić information content (AvgIpc) is 2.56. The van der Waals surface area contributed by atoms with Gasteiger partial charge in [0.2, 0.25) is 10.0 Å². The van der Waals surface area contributed by atoms with Gasteiger partial charge >= 0.3 is 6.01 Å². The van der Waals surface area contributed by atoms with Crippen molar-refractivity contribution in [1.82, 2.24) is 14.3 Å². The maximum atomic E-state index is 13.8. The molecule has 1 unspecified atom stereocenters. The Kier molecular flexibility index (Phi) is 4.53. The molecule has 1 saturated heterocycles. The summed E-state index contributed by atoms with van der Waals surface area (Å²) in [5, 5.41) is 0. The van der Waals surface area contributed by atoms with Gasteiger partial charge in [0.25, 0.3) is 0 Å². The first kappa shape index (κ1) is 15.8. The van der Waals surface area contributed by atoms with Crippen molar-refractivity contribution >= 4 is 10.0 Å². The van der Waals surface area contributed by atoms with Crippen LogP contribution in [-0.2, 0) is 10.0 Å². The number of aromatic nitrogens is 2. The fourth-order valence-electron chi connectivity index (χ4n) is 2.51. The van der Waals surface area contributed by atoms with E-state index in [4.69, 9.17) is 4.74 Å². The molecule has 122 valence electrons. The Balaban J connectivity index is 1.77. The molecule has 0 radical (unpaired) electrons. The fraction of sp³-hybridized carbons (Fsp3) is 0.333. The molecule has 1 fully saturated rings. The van der Waals surface area contributed by atoms with Crippen molar-refractivity contribution in [3.8, 4) is 6.01 Å². The number of sulfonamides is 1. The third kappa shape index (κ3) is 3.48. The van der Waals surface area contributed by atoms with Crippen molar-refractivity contribution < 1.29 is 17.5 Å². The van der Waals surface area contributed by atoms with E-state index >= 15 is 0 Å². The SMILES string of the molecule is O=S(=O)(c1ccccc1F)N1CCCC(Oc2ncccn2)C1. The molecule has 0 N–H and O–H groups in total. The van der Waals surface area contributed by atoms with Crippen LogP contribution in [0.3, 0.4) is 0 Å². The second-order valence-electron chi connectivity index (χ2n) is 5.21. The standard InChI is InChI=1S/C15H16FN3O3S/c16-13-6-1-2-7-14(13)23(20,21)19-10-3-5-12(11-19)22-15-17-8-4-9-18-15/h1-2,4,6-9,12H,3,5,10-11H2. The zero-order valence-corrected chi connectivity index (χ0v) is 13.1. The van der Waals surface area contributed by atoms with Crippen LogP contribution in [0.5, 0.6) is 6.01 Å². The van der Waals surface area contributed by atoms with Crippen LogP contribution >= 0.6 is 0 Å². The predicted octanol–water partition coefficient (Wildman–Crippen LogP) is 1.85. The summed E-state index contributed by atoms with van der Waals surface area (Å²) in [6.45, 7) is 0.487. The number of hydrogen-bond donors (Lipinski definition) is 0. The average molecular weight is 337 g/mol. The molecule has 1 aliphatic rings. The molecule has 0 bridgehead atoms. The fourth-order valence-corrected chi connectivity index (χ4v) is 4.08. The minimum Gasteiger partial charge on any atom is -0.459 e. The van der Waals surface area contributed by atoms with Gasteiger partial charge in [-0.15, -0.1) is 0 Å². The summed E-state index contributed by atoms with van der Waals surface area (Å²) in [5.74, 6) is -0.748. The third-order valence-corrected chi connectivity index (χ3v) is 5.51. The molecule has 8 heteroatoms. The molecule has 1 atom stereocenters. The molecular formula is C15H16FN3O3S. The Hall–Kier alpha value is -2.06. The summed E-state index contributed by atoms with van der Waals surface area (Å²) in [4.78, 5) is 7.63. The van der Waals surface area contributed by atoms with Crippen LogP contribution in [-0.4, -0.2) is 41.9 Å². The number of halogens is 1. The Morgan fingerprint density at radius 1 is 1.17 bits per heavy atom. The van der Waals surface area contributed by atoms with Crippen LogP contribution in [0.25, 0.3) is 0 Å². The molecule has 3 rings (SSSR count). The highest BCUT2D eigenvalue weighted by atomic mass is 32.2. The largest absolute Gasteiger partial charge is 0.459 e. The second kappa shape index (κ2) is 6.59. The van der Waals surface area contributed by atoms with E-state index < -0.39 is 15.8 Å². The van der Waals surface area contributed by atoms with Crippen LogP contribution in [0.1, 0.15) is 12.8 Å². The molecule has 2 aromatic rings. The summed E-state index contributed by atoms with van der Waals surface area (Å²) in [5.41, 5.74) is 0. The summed E-state index contributed by atoms with van der Waals surface area (Å²) in [6, 6.07) is 7.26. The highest BCUT2D eigenvalue weighted by Crippen LogP contribution is 2.24. The van der Waals surface area contributed by atoms with Gasteiger partial charge in [0.1, 0.15) is 16.8 Å². The summed E-state index contributed by atoms with van der Waals surface area (Å²) < 4.78 is 45.9. The van der Waals surface area contributed by atoms with Gasteiger partial charge in [-0.2, -0.15) is 4.31 Å². The normalized spacial score (nSPS) is 19.4. The second-order valence-corrected chi connectivity index (χ2v) is 7.11. The van der Waals surface area contributed by atoms with Crippen molar-refractivity contribution in [2.75, 3.05) is 13.1 Å². The lowest BCUT2D eigenvalue weighted by atomic mass is 10.1. The Morgan fingerprint density at radius 2 is 1.91 bits per heavy atom. The van der Waals surface area contributed by atoms with Gasteiger partial charge < -0.3 is 4.74 Å². The van der Waals surface area contributed by atoms with E-state index in [9.17, 15) is 12.8 Å². The molecule has 1 aromatic heterocycles. The van der Waals surface area contributed by atoms with Crippen molar-refractivity contribution in [3.05, 3.63) is 48.5 Å². The van der Waals surface area contributed by atoms with Gasteiger partial charge in [0.15, 0.2) is 0 Å². The number of nitrogens with zero attached hydrogens (tertiary/aromatic N) is 3. The molecule has 2 heterocycles. The van der Waals surface area contributed by atoms with E-state index in [-0.39, 0.29) is 23.6 Å². The number of benzene rings is 1. The molecule has 23 heavy (non-hydrogen) atoms. The summed E-state index contributed by atoms with van der Waals surface area (Å²) in [6.07, 6.45) is 4.08. The highest BCUT2D eigenvalue weighted by molar-refractivity contribution is 7.89. The lowest BCUT2D eigenvalue weighted by Gasteiger charge is -2.31. The maximum Gasteiger partial charge on any atom is 0.316 e. The minimum atomic E-state index is -3.88. The van der Waals surface area contributed by atoms with Gasteiger partial charge in [-0.3, -0.25) is 0 Å². The number of rotatable bonds is 4. The Bertz CT molecular complexity index is 771. The zero-order chi connectivity index (χ0) is 16.3. The van der Waals surface area contributed by atoms with Crippen LogP contribution < -0.4 is 4.74 Å². The van der Waals surface area contributed by atoms with Crippen LogP contribution in [0.15, 0.2) is 47.6 Å². The van der Waals surface area contributed by atoms with E-state index in [1.807, 2.05) is 0 Å². The molecule has 0 aliphatic carbocycles. The lowest BCUT2D eigenvalue weighted by molar-refractivity contribution is 0.119. The van der Waals surface area contributed by atoms with E-state index in [1.165, 1.54) is 22.5 Å². The van der Waals surface area contributed by atoms with Crippen molar-refractivity contribution in [1.29, 1.82) is 0 Å². The predicted molar refractivity (Wildman–Crippen MR) is 80.8 cm³/mol. The molecule has 0 saturated carbocycles. The summed E-state index contributed by atoms with van der Waals surface area (Å²) >= 11 is 0. The molecule has 0 spiro atoms. The van der Waals surface area contributed by atoms with Gasteiger partial charge in [-0.05, 0) is 31.0 Å². The van der Waals surface area contributed by atoms with Crippen LogP contribution in [0.2, 0.25) is 0 Å². The maximum absolute atomic E-state index is 13.8. The van der Waals surface area contributed by atoms with E-state index in [2.05, 4.69) is 9.97 Å². The number of ether oxygens (including phenoxy) is 1. The van der Waals surface area contributed by atoms with Gasteiger partial charge in [0.05, 0.1) is 6.54 Å². The first-order chi connectivity index (χ1) is 11.1. The summed E-state index contributed by atoms with van der Waals surface area (Å²) in [7, 11) is -3.88. The Morgan fingerprint density at radius 3 is 2.65 bits per heavy atom. The van der Waals surface area contributed by atoms with Crippen molar-refractivity contribution in [2.24, 2.45) is 0 Å². The van der Waals surface area contributed by atoms with Crippen molar-refractivity contribution in [2.45, 2.75) is 23.8 Å². The van der Waals surface area contributed by atoms with Crippen LogP contribution in [0.4, 0.5) is 4.39 Å². The first-order valence-corrected chi connectivity index (χ1v) is 8.70. The number of piperidine rings is 1. The zero-order valence-electron chi connectivity index (χ0n) is 12.3. The van der Waals surface area contributed by atoms with Crippen LogP contribution in [0, 0.1) is 5.82 Å². The third-order valence-electron chi connectivity index (χ3n) is 3.61. The smallest absolute Gasteiger partial charge is 0.316 e. The molecule has 6 nitrogen and oxygen atoms in total. The quantitative estimate of drug-likeness (QED) is 0.851. The first-order valence-electron chi connectivity index (χ1n) is 7.26. The van der Waals surface area contributed by atoms with E-state index in [1.54, 1.807) is 18.5 Å². The molecule has 1 aliphatic heterocycles. The van der Waals surface area contributed by atoms with Gasteiger partial charge in [-0.1, -0.05) is 12.1 Å². The highest BCUT2D eigenvalue weighted by Gasteiger charge is 2.33. The van der Waals surface area contributed by atoms with Gasteiger partial charge in [0, 0.05) is 18.9 Å². The van der Waals surface area contributed by atoms with Crippen molar-refractivity contribution in [3.63, 3.8) is 0 Å². The molecule has 1 aromatic carbocycles. The molecular weight excluding hydrogens is 321 g/mol. The number of hydrogen-bond acceptors (Lipinski definition) is 5. The molecule has 0 amide bonds.